The number of pyridine rings is 1. The van der Waals surface area contributed by atoms with Gasteiger partial charge in [0.1, 0.15) is 0 Å². The smallest absolute Gasteiger partial charge is 0.228 e. The predicted octanol–water partition coefficient (Wildman–Crippen LogP) is 3.89. The number of carbonyl (C=O) groups excluding carboxylic acids is 2. The molecule has 1 atom stereocenters. The van der Waals surface area contributed by atoms with Crippen LogP contribution in [0.3, 0.4) is 0 Å². The molecule has 4 rings (SSSR count). The number of hydrogen-bond acceptors (Lipinski definition) is 3. The minimum absolute atomic E-state index is 0.000362. The second kappa shape index (κ2) is 9.77. The van der Waals surface area contributed by atoms with Crippen molar-refractivity contribution in [1.82, 2.24) is 15.2 Å². The average Bonchev–Trinajstić information content (AvgIpc) is 3.29. The Kier molecular flexibility index (Phi) is 6.64. The van der Waals surface area contributed by atoms with Gasteiger partial charge in [0, 0.05) is 39.0 Å². The minimum atomic E-state index is -0.625. The number of carbonyl (C=O) groups is 2. The summed E-state index contributed by atoms with van der Waals surface area (Å²) in [6.45, 7) is 1.06. The summed E-state index contributed by atoms with van der Waals surface area (Å²) in [5.41, 5.74) is 3.83. The number of rotatable bonds is 7. The fourth-order valence-corrected chi connectivity index (χ4v) is 4.67. The average molecular weight is 428 g/mol. The summed E-state index contributed by atoms with van der Waals surface area (Å²) in [4.78, 5) is 32.0. The molecule has 0 radical (unpaired) electrons. The van der Waals surface area contributed by atoms with Crippen LogP contribution in [0.2, 0.25) is 0 Å². The standard InChI is InChI=1S/C27H29N3O2/c1-28-26(32)27(19-23-9-5-6-10-24(23)22-13-16-29-17-14-22)15-18-30(20-27)25(31)12-11-21-7-3-2-4-8-21/h2-10,13-14,16-17H,11-12,15,18-20H2,1H3,(H,28,32)/t27-/m0/s1. The van der Waals surface area contributed by atoms with Crippen molar-refractivity contribution in [3.63, 3.8) is 0 Å². The molecule has 3 aromatic rings. The van der Waals surface area contributed by atoms with E-state index in [1.807, 2.05) is 59.5 Å². The van der Waals surface area contributed by atoms with E-state index in [1.54, 1.807) is 19.4 Å². The van der Waals surface area contributed by atoms with Crippen molar-refractivity contribution in [1.29, 1.82) is 0 Å². The van der Waals surface area contributed by atoms with Gasteiger partial charge in [-0.2, -0.15) is 0 Å². The second-order valence-electron chi connectivity index (χ2n) is 8.48. The fourth-order valence-electron chi connectivity index (χ4n) is 4.67. The number of likely N-dealkylation sites (tertiary alicyclic amines) is 1. The molecule has 5 nitrogen and oxygen atoms in total. The van der Waals surface area contributed by atoms with Crippen LogP contribution >= 0.6 is 0 Å². The quantitative estimate of drug-likeness (QED) is 0.622. The molecule has 0 saturated carbocycles. The summed E-state index contributed by atoms with van der Waals surface area (Å²) < 4.78 is 0. The summed E-state index contributed by atoms with van der Waals surface area (Å²) in [6, 6.07) is 22.2. The first kappa shape index (κ1) is 21.8. The number of benzene rings is 2. The van der Waals surface area contributed by atoms with E-state index >= 15 is 0 Å². The van der Waals surface area contributed by atoms with Crippen LogP contribution in [-0.4, -0.2) is 41.8 Å². The van der Waals surface area contributed by atoms with E-state index in [1.165, 1.54) is 0 Å². The van der Waals surface area contributed by atoms with Crippen molar-refractivity contribution in [2.45, 2.75) is 25.7 Å². The second-order valence-corrected chi connectivity index (χ2v) is 8.48. The molecular formula is C27H29N3O2. The Morgan fingerprint density at radius 3 is 2.47 bits per heavy atom. The first-order chi connectivity index (χ1) is 15.6. The molecule has 32 heavy (non-hydrogen) atoms. The molecule has 164 valence electrons. The van der Waals surface area contributed by atoms with Crippen molar-refractivity contribution in [2.24, 2.45) is 5.41 Å². The summed E-state index contributed by atoms with van der Waals surface area (Å²) >= 11 is 0. The molecule has 1 fully saturated rings. The van der Waals surface area contributed by atoms with Gasteiger partial charge in [0.05, 0.1) is 5.41 Å². The fraction of sp³-hybridized carbons (Fsp3) is 0.296. The van der Waals surface area contributed by atoms with Gasteiger partial charge in [-0.05, 0) is 53.6 Å². The van der Waals surface area contributed by atoms with Crippen LogP contribution in [0.1, 0.15) is 24.0 Å². The molecule has 0 bridgehead atoms. The summed E-state index contributed by atoms with van der Waals surface area (Å²) in [7, 11) is 1.68. The molecule has 1 saturated heterocycles. The third-order valence-corrected chi connectivity index (χ3v) is 6.42. The highest BCUT2D eigenvalue weighted by molar-refractivity contribution is 5.86. The summed E-state index contributed by atoms with van der Waals surface area (Å²) in [5, 5.41) is 2.86. The first-order valence-electron chi connectivity index (χ1n) is 11.1. The molecular weight excluding hydrogens is 398 g/mol. The van der Waals surface area contributed by atoms with Crippen LogP contribution in [0.4, 0.5) is 0 Å². The molecule has 0 aliphatic carbocycles. The van der Waals surface area contributed by atoms with Crippen molar-refractivity contribution < 1.29 is 9.59 Å². The number of aryl methyl sites for hydroxylation is 1. The van der Waals surface area contributed by atoms with E-state index in [2.05, 4.69) is 22.4 Å². The maximum atomic E-state index is 13.1. The topological polar surface area (TPSA) is 62.3 Å². The van der Waals surface area contributed by atoms with Gasteiger partial charge < -0.3 is 10.2 Å². The first-order valence-corrected chi connectivity index (χ1v) is 11.1. The van der Waals surface area contributed by atoms with Gasteiger partial charge in [0.15, 0.2) is 0 Å². The van der Waals surface area contributed by atoms with Crippen LogP contribution in [0, 0.1) is 5.41 Å². The Morgan fingerprint density at radius 1 is 1.00 bits per heavy atom. The lowest BCUT2D eigenvalue weighted by molar-refractivity contribution is -0.133. The summed E-state index contributed by atoms with van der Waals surface area (Å²) in [5.74, 6) is 0.113. The van der Waals surface area contributed by atoms with Crippen LogP contribution in [0.25, 0.3) is 11.1 Å². The van der Waals surface area contributed by atoms with E-state index < -0.39 is 5.41 Å². The summed E-state index contributed by atoms with van der Waals surface area (Å²) in [6.07, 6.45) is 5.99. The maximum absolute atomic E-state index is 13.1. The Hall–Kier alpha value is -3.47. The molecule has 2 aromatic carbocycles. The van der Waals surface area contributed by atoms with Gasteiger partial charge in [-0.1, -0.05) is 54.6 Å². The van der Waals surface area contributed by atoms with E-state index in [0.29, 0.717) is 38.8 Å². The van der Waals surface area contributed by atoms with Gasteiger partial charge in [-0.15, -0.1) is 0 Å². The molecule has 0 unspecified atom stereocenters. The lowest BCUT2D eigenvalue weighted by Gasteiger charge is -2.28. The van der Waals surface area contributed by atoms with E-state index in [4.69, 9.17) is 0 Å². The van der Waals surface area contributed by atoms with Crippen molar-refractivity contribution in [3.8, 4) is 11.1 Å². The zero-order chi connectivity index (χ0) is 22.4. The van der Waals surface area contributed by atoms with Crippen molar-refractivity contribution in [2.75, 3.05) is 20.1 Å². The predicted molar refractivity (Wildman–Crippen MR) is 126 cm³/mol. The SMILES string of the molecule is CNC(=O)[C@]1(Cc2ccccc2-c2ccncc2)CCN(C(=O)CCc2ccccc2)C1. The molecule has 1 aliphatic heterocycles. The van der Waals surface area contributed by atoms with Crippen molar-refractivity contribution >= 4 is 11.8 Å². The number of amides is 2. The van der Waals surface area contributed by atoms with Crippen LogP contribution in [0.5, 0.6) is 0 Å². The molecule has 5 heteroatoms. The van der Waals surface area contributed by atoms with Gasteiger partial charge in [-0.3, -0.25) is 14.6 Å². The van der Waals surface area contributed by atoms with Crippen LogP contribution in [-0.2, 0) is 22.4 Å². The van der Waals surface area contributed by atoms with Gasteiger partial charge in [0.25, 0.3) is 0 Å². The zero-order valence-corrected chi connectivity index (χ0v) is 18.5. The third-order valence-electron chi connectivity index (χ3n) is 6.42. The largest absolute Gasteiger partial charge is 0.359 e. The molecule has 0 spiro atoms. The molecule has 1 aromatic heterocycles. The van der Waals surface area contributed by atoms with E-state index in [0.717, 1.165) is 22.3 Å². The van der Waals surface area contributed by atoms with Gasteiger partial charge in [-0.25, -0.2) is 0 Å². The number of hydrogen-bond donors (Lipinski definition) is 1. The highest BCUT2D eigenvalue weighted by atomic mass is 16.2. The van der Waals surface area contributed by atoms with Gasteiger partial charge in [0.2, 0.25) is 11.8 Å². The highest BCUT2D eigenvalue weighted by Gasteiger charge is 2.45. The minimum Gasteiger partial charge on any atom is -0.359 e. The monoisotopic (exact) mass is 427 g/mol. The Bertz CT molecular complexity index is 1070. The molecule has 2 amide bonds. The number of nitrogens with zero attached hydrogens (tertiary/aromatic N) is 2. The lowest BCUT2D eigenvalue weighted by atomic mass is 9.78. The maximum Gasteiger partial charge on any atom is 0.228 e. The number of aromatic nitrogens is 1. The Balaban J connectivity index is 1.52. The van der Waals surface area contributed by atoms with E-state index in [-0.39, 0.29) is 11.8 Å². The van der Waals surface area contributed by atoms with Crippen LogP contribution < -0.4 is 5.32 Å². The highest BCUT2D eigenvalue weighted by Crippen LogP contribution is 2.37. The van der Waals surface area contributed by atoms with E-state index in [9.17, 15) is 9.59 Å². The zero-order valence-electron chi connectivity index (χ0n) is 18.5. The normalized spacial score (nSPS) is 17.8. The third kappa shape index (κ3) is 4.72. The Labute approximate surface area is 189 Å². The molecule has 1 N–H and O–H groups in total. The molecule has 1 aliphatic rings. The van der Waals surface area contributed by atoms with Crippen molar-refractivity contribution in [3.05, 3.63) is 90.3 Å². The lowest BCUT2D eigenvalue weighted by Crippen LogP contribution is -2.44. The number of nitrogens with one attached hydrogen (secondary N) is 1. The molecule has 2 heterocycles. The van der Waals surface area contributed by atoms with Crippen LogP contribution in [0.15, 0.2) is 79.1 Å². The Morgan fingerprint density at radius 2 is 1.72 bits per heavy atom. The van der Waals surface area contributed by atoms with Gasteiger partial charge >= 0.3 is 0 Å².